The van der Waals surface area contributed by atoms with E-state index in [1.807, 2.05) is 13.8 Å². The first kappa shape index (κ1) is 13.3. The predicted octanol–water partition coefficient (Wildman–Crippen LogP) is 3.52. The van der Waals surface area contributed by atoms with Gasteiger partial charge in [-0.05, 0) is 26.7 Å². The molecule has 6 heteroatoms. The van der Waals surface area contributed by atoms with E-state index in [0.717, 1.165) is 47.6 Å². The molecule has 0 aliphatic rings. The summed E-state index contributed by atoms with van der Waals surface area (Å²) in [6.07, 6.45) is 2.27. The van der Waals surface area contributed by atoms with Gasteiger partial charge in [-0.3, -0.25) is 0 Å². The van der Waals surface area contributed by atoms with Crippen LogP contribution >= 0.6 is 22.7 Å². The fraction of sp³-hybridized carbons (Fsp3) is 0.500. The lowest BCUT2D eigenvalue weighted by Gasteiger charge is -2.03. The molecule has 2 aromatic heterocycles. The van der Waals surface area contributed by atoms with Crippen LogP contribution in [0.3, 0.4) is 0 Å². The number of aryl methyl sites for hydroxylation is 2. The van der Waals surface area contributed by atoms with E-state index in [1.165, 1.54) is 0 Å². The Bertz CT molecular complexity index is 434. The van der Waals surface area contributed by atoms with Crippen molar-refractivity contribution in [3.8, 4) is 0 Å². The quantitative estimate of drug-likeness (QED) is 0.763. The molecule has 2 heterocycles. The standard InChI is InChI=1S/C12H18N4S2/c1-9-7-17-11(15-9)13-5-3-4-6-14-12-16-10(2)8-18-12/h7-8H,3-6H2,1-2H3,(H,13,15)(H,14,16). The highest BCUT2D eigenvalue weighted by atomic mass is 32.1. The van der Waals surface area contributed by atoms with Crippen LogP contribution in [0.5, 0.6) is 0 Å². The van der Waals surface area contributed by atoms with Gasteiger partial charge in [0, 0.05) is 23.8 Å². The lowest BCUT2D eigenvalue weighted by atomic mass is 10.3. The van der Waals surface area contributed by atoms with Gasteiger partial charge in [0.15, 0.2) is 10.3 Å². The smallest absolute Gasteiger partial charge is 0.182 e. The second-order valence-electron chi connectivity index (χ2n) is 4.15. The Morgan fingerprint density at radius 1 is 0.889 bits per heavy atom. The Hall–Kier alpha value is -1.14. The fourth-order valence-electron chi connectivity index (χ4n) is 1.51. The van der Waals surface area contributed by atoms with Crippen LogP contribution in [-0.4, -0.2) is 23.1 Å². The maximum absolute atomic E-state index is 4.36. The number of nitrogens with zero attached hydrogens (tertiary/aromatic N) is 2. The molecular formula is C12H18N4S2. The van der Waals surface area contributed by atoms with Gasteiger partial charge in [0.2, 0.25) is 0 Å². The maximum atomic E-state index is 4.36. The zero-order chi connectivity index (χ0) is 12.8. The lowest BCUT2D eigenvalue weighted by Crippen LogP contribution is -2.06. The molecule has 0 spiro atoms. The van der Waals surface area contributed by atoms with Gasteiger partial charge in [0.25, 0.3) is 0 Å². The Labute approximate surface area is 115 Å². The van der Waals surface area contributed by atoms with E-state index in [0.29, 0.717) is 0 Å². The highest BCUT2D eigenvalue weighted by Crippen LogP contribution is 2.15. The van der Waals surface area contributed by atoms with Crippen LogP contribution in [-0.2, 0) is 0 Å². The summed E-state index contributed by atoms with van der Waals surface area (Å²) in [7, 11) is 0. The second-order valence-corrected chi connectivity index (χ2v) is 5.86. The number of nitrogens with one attached hydrogen (secondary N) is 2. The van der Waals surface area contributed by atoms with Crippen LogP contribution in [0.25, 0.3) is 0 Å². The van der Waals surface area contributed by atoms with Gasteiger partial charge in [0.1, 0.15) is 0 Å². The minimum Gasteiger partial charge on any atom is -0.362 e. The summed E-state index contributed by atoms with van der Waals surface area (Å²) in [6, 6.07) is 0. The predicted molar refractivity (Wildman–Crippen MR) is 79.9 cm³/mol. The van der Waals surface area contributed by atoms with Crippen molar-refractivity contribution in [2.45, 2.75) is 26.7 Å². The summed E-state index contributed by atoms with van der Waals surface area (Å²) in [5, 5.41) is 12.8. The van der Waals surface area contributed by atoms with Crippen LogP contribution < -0.4 is 10.6 Å². The number of anilines is 2. The molecular weight excluding hydrogens is 264 g/mol. The first-order valence-corrected chi connectivity index (χ1v) is 7.82. The minimum absolute atomic E-state index is 0.978. The summed E-state index contributed by atoms with van der Waals surface area (Å²) < 4.78 is 0. The van der Waals surface area contributed by atoms with Gasteiger partial charge in [-0.1, -0.05) is 0 Å². The lowest BCUT2D eigenvalue weighted by molar-refractivity contribution is 0.794. The fourth-order valence-corrected chi connectivity index (χ4v) is 2.94. The number of thiazole rings is 2. The average molecular weight is 282 g/mol. The molecule has 0 amide bonds. The highest BCUT2D eigenvalue weighted by Gasteiger charge is 1.98. The van der Waals surface area contributed by atoms with E-state index in [1.54, 1.807) is 22.7 Å². The van der Waals surface area contributed by atoms with Crippen molar-refractivity contribution in [1.29, 1.82) is 0 Å². The average Bonchev–Trinajstić information content (AvgIpc) is 2.93. The molecule has 4 nitrogen and oxygen atoms in total. The van der Waals surface area contributed by atoms with Gasteiger partial charge >= 0.3 is 0 Å². The molecule has 2 N–H and O–H groups in total. The Morgan fingerprint density at radius 2 is 1.33 bits per heavy atom. The Balaban J connectivity index is 1.54. The van der Waals surface area contributed by atoms with Crippen LogP contribution in [0.4, 0.5) is 10.3 Å². The molecule has 0 atom stereocenters. The molecule has 0 aliphatic carbocycles. The zero-order valence-corrected chi connectivity index (χ0v) is 12.3. The molecule has 18 heavy (non-hydrogen) atoms. The van der Waals surface area contributed by atoms with Crippen molar-refractivity contribution in [2.24, 2.45) is 0 Å². The third-order valence-electron chi connectivity index (χ3n) is 2.39. The molecule has 0 saturated heterocycles. The third-order valence-corrected chi connectivity index (χ3v) is 4.23. The SMILES string of the molecule is Cc1csc(NCCCCNc2nc(C)cs2)n1. The summed E-state index contributed by atoms with van der Waals surface area (Å²) in [5.74, 6) is 0. The van der Waals surface area contributed by atoms with Gasteiger partial charge in [0.05, 0.1) is 11.4 Å². The van der Waals surface area contributed by atoms with E-state index < -0.39 is 0 Å². The number of rotatable bonds is 7. The summed E-state index contributed by atoms with van der Waals surface area (Å²) in [4.78, 5) is 8.72. The molecule has 0 fully saturated rings. The van der Waals surface area contributed by atoms with Crippen LogP contribution in [0.2, 0.25) is 0 Å². The largest absolute Gasteiger partial charge is 0.362 e. The highest BCUT2D eigenvalue weighted by molar-refractivity contribution is 7.14. The maximum Gasteiger partial charge on any atom is 0.182 e. The summed E-state index contributed by atoms with van der Waals surface area (Å²) in [5.41, 5.74) is 2.17. The first-order valence-electron chi connectivity index (χ1n) is 6.06. The zero-order valence-electron chi connectivity index (χ0n) is 10.7. The monoisotopic (exact) mass is 282 g/mol. The minimum atomic E-state index is 0.978. The van der Waals surface area contributed by atoms with Crippen LogP contribution in [0.15, 0.2) is 10.8 Å². The van der Waals surface area contributed by atoms with E-state index in [2.05, 4.69) is 31.4 Å². The molecule has 98 valence electrons. The third kappa shape index (κ3) is 4.27. The van der Waals surface area contributed by atoms with Crippen LogP contribution in [0, 0.1) is 13.8 Å². The topological polar surface area (TPSA) is 49.8 Å². The van der Waals surface area contributed by atoms with Crippen molar-refractivity contribution >= 4 is 32.9 Å². The number of hydrogen-bond acceptors (Lipinski definition) is 6. The number of unbranched alkanes of at least 4 members (excludes halogenated alkanes) is 1. The molecule has 2 rings (SSSR count). The van der Waals surface area contributed by atoms with Crippen LogP contribution in [0.1, 0.15) is 24.2 Å². The summed E-state index contributed by atoms with van der Waals surface area (Å²) >= 11 is 3.33. The van der Waals surface area contributed by atoms with Crippen molar-refractivity contribution in [1.82, 2.24) is 9.97 Å². The van der Waals surface area contributed by atoms with E-state index >= 15 is 0 Å². The summed E-state index contributed by atoms with van der Waals surface area (Å²) in [6.45, 7) is 5.99. The molecule has 2 aromatic rings. The van der Waals surface area contributed by atoms with Crippen molar-refractivity contribution in [3.05, 3.63) is 22.1 Å². The second kappa shape index (κ2) is 6.70. The number of aromatic nitrogens is 2. The molecule has 0 aliphatic heterocycles. The molecule has 0 saturated carbocycles. The molecule has 0 unspecified atom stereocenters. The Kier molecular flexibility index (Phi) is 4.95. The van der Waals surface area contributed by atoms with Gasteiger partial charge in [-0.15, -0.1) is 22.7 Å². The Morgan fingerprint density at radius 3 is 1.67 bits per heavy atom. The number of hydrogen-bond donors (Lipinski definition) is 2. The molecule has 0 radical (unpaired) electrons. The van der Waals surface area contributed by atoms with Crippen molar-refractivity contribution < 1.29 is 0 Å². The van der Waals surface area contributed by atoms with E-state index in [4.69, 9.17) is 0 Å². The first-order chi connectivity index (χ1) is 8.74. The van der Waals surface area contributed by atoms with Crippen molar-refractivity contribution in [3.63, 3.8) is 0 Å². The molecule has 0 aromatic carbocycles. The normalized spacial score (nSPS) is 10.6. The van der Waals surface area contributed by atoms with Gasteiger partial charge in [-0.25, -0.2) is 9.97 Å². The van der Waals surface area contributed by atoms with E-state index in [9.17, 15) is 0 Å². The van der Waals surface area contributed by atoms with E-state index in [-0.39, 0.29) is 0 Å². The van der Waals surface area contributed by atoms with Gasteiger partial charge in [-0.2, -0.15) is 0 Å². The van der Waals surface area contributed by atoms with Gasteiger partial charge < -0.3 is 10.6 Å². The van der Waals surface area contributed by atoms with Crippen molar-refractivity contribution in [2.75, 3.05) is 23.7 Å². The molecule has 0 bridgehead atoms.